The molecule has 5 heteroatoms. The van der Waals surface area contributed by atoms with E-state index < -0.39 is 11.7 Å². The number of ether oxygens (including phenoxy) is 1. The van der Waals surface area contributed by atoms with E-state index in [4.69, 9.17) is 16.3 Å². The molecule has 0 fully saturated rings. The monoisotopic (exact) mass is 278 g/mol. The number of carbonyl (C=O) groups is 1. The Labute approximate surface area is 117 Å². The topological polar surface area (TPSA) is 44.1 Å². The summed E-state index contributed by atoms with van der Waals surface area (Å²) in [6.07, 6.45) is 4.69. The molecule has 0 N–H and O–H groups in total. The Morgan fingerprint density at radius 3 is 2.63 bits per heavy atom. The number of halogens is 1. The lowest BCUT2D eigenvalue weighted by Crippen LogP contribution is -2.32. The third-order valence-electron chi connectivity index (χ3n) is 2.62. The summed E-state index contributed by atoms with van der Waals surface area (Å²) in [5.41, 5.74) is 0.461. The standard InChI is InChI=1S/C14H15ClN2O2/c1-14(2,9-11-3-5-12(15)6-4-11)19-13(18)17-8-7-16-10-17/h3-8,10H,9H2,1-2H3. The first-order valence-corrected chi connectivity index (χ1v) is 6.30. The third-order valence-corrected chi connectivity index (χ3v) is 2.87. The average molecular weight is 279 g/mol. The van der Waals surface area contributed by atoms with Crippen molar-refractivity contribution >= 4 is 17.7 Å². The van der Waals surface area contributed by atoms with E-state index in [9.17, 15) is 4.79 Å². The van der Waals surface area contributed by atoms with Gasteiger partial charge in [0.15, 0.2) is 0 Å². The quantitative estimate of drug-likeness (QED) is 0.862. The first-order valence-electron chi connectivity index (χ1n) is 5.92. The molecule has 1 aromatic heterocycles. The summed E-state index contributed by atoms with van der Waals surface area (Å²) in [7, 11) is 0. The molecule has 100 valence electrons. The fourth-order valence-corrected chi connectivity index (χ4v) is 1.91. The van der Waals surface area contributed by atoms with Crippen LogP contribution in [0.4, 0.5) is 4.79 Å². The molecular formula is C14H15ClN2O2. The van der Waals surface area contributed by atoms with Crippen molar-refractivity contribution in [2.75, 3.05) is 0 Å². The lowest BCUT2D eigenvalue weighted by molar-refractivity contribution is 0.0402. The van der Waals surface area contributed by atoms with Gasteiger partial charge in [-0.25, -0.2) is 14.3 Å². The summed E-state index contributed by atoms with van der Waals surface area (Å²) in [6, 6.07) is 7.50. The van der Waals surface area contributed by atoms with Gasteiger partial charge in [-0.1, -0.05) is 23.7 Å². The van der Waals surface area contributed by atoms with Crippen molar-refractivity contribution in [3.8, 4) is 0 Å². The molecule has 0 spiro atoms. The van der Waals surface area contributed by atoms with E-state index in [1.54, 1.807) is 6.20 Å². The Morgan fingerprint density at radius 2 is 2.05 bits per heavy atom. The van der Waals surface area contributed by atoms with Gasteiger partial charge in [-0.2, -0.15) is 0 Å². The number of nitrogens with zero attached hydrogens (tertiary/aromatic N) is 2. The zero-order chi connectivity index (χ0) is 13.9. The fourth-order valence-electron chi connectivity index (χ4n) is 1.79. The molecule has 0 aliphatic carbocycles. The molecule has 0 saturated heterocycles. The van der Waals surface area contributed by atoms with E-state index >= 15 is 0 Å². The summed E-state index contributed by atoms with van der Waals surface area (Å²) in [5.74, 6) is 0. The SMILES string of the molecule is CC(C)(Cc1ccc(Cl)cc1)OC(=O)n1ccnc1. The Hall–Kier alpha value is -1.81. The molecule has 0 amide bonds. The Kier molecular flexibility index (Phi) is 3.90. The highest BCUT2D eigenvalue weighted by Crippen LogP contribution is 2.19. The highest BCUT2D eigenvalue weighted by Gasteiger charge is 2.24. The van der Waals surface area contributed by atoms with Crippen molar-refractivity contribution in [3.63, 3.8) is 0 Å². The second kappa shape index (κ2) is 5.45. The number of rotatable bonds is 3. The van der Waals surface area contributed by atoms with E-state index in [-0.39, 0.29) is 0 Å². The van der Waals surface area contributed by atoms with Crippen LogP contribution in [0.2, 0.25) is 5.02 Å². The van der Waals surface area contributed by atoms with E-state index in [1.165, 1.54) is 17.1 Å². The first-order chi connectivity index (χ1) is 8.96. The molecule has 19 heavy (non-hydrogen) atoms. The zero-order valence-electron chi connectivity index (χ0n) is 10.8. The van der Waals surface area contributed by atoms with Crippen LogP contribution >= 0.6 is 11.6 Å². The predicted octanol–water partition coefficient (Wildman–Crippen LogP) is 3.54. The molecular weight excluding hydrogens is 264 g/mol. The molecule has 0 aliphatic rings. The number of imidazole rings is 1. The van der Waals surface area contributed by atoms with Gasteiger partial charge in [0.1, 0.15) is 11.9 Å². The fraction of sp³-hybridized carbons (Fsp3) is 0.286. The lowest BCUT2D eigenvalue weighted by atomic mass is 9.98. The van der Waals surface area contributed by atoms with Gasteiger partial charge in [0.25, 0.3) is 0 Å². The van der Waals surface area contributed by atoms with Gasteiger partial charge in [-0.05, 0) is 31.5 Å². The Bertz CT molecular complexity index is 547. The van der Waals surface area contributed by atoms with Crippen LogP contribution in [0.5, 0.6) is 0 Å². The van der Waals surface area contributed by atoms with Crippen molar-refractivity contribution in [2.24, 2.45) is 0 Å². The maximum absolute atomic E-state index is 11.8. The number of carbonyl (C=O) groups excluding carboxylic acids is 1. The maximum Gasteiger partial charge on any atom is 0.419 e. The number of benzene rings is 1. The number of aromatic nitrogens is 2. The van der Waals surface area contributed by atoms with Crippen LogP contribution in [0.25, 0.3) is 0 Å². The minimum atomic E-state index is -0.602. The normalized spacial score (nSPS) is 11.3. The van der Waals surface area contributed by atoms with Crippen LogP contribution in [-0.2, 0) is 11.2 Å². The van der Waals surface area contributed by atoms with Crippen LogP contribution in [0.3, 0.4) is 0 Å². The van der Waals surface area contributed by atoms with Crippen LogP contribution in [0.15, 0.2) is 43.0 Å². The van der Waals surface area contributed by atoms with Crippen molar-refractivity contribution in [1.82, 2.24) is 9.55 Å². The Morgan fingerprint density at radius 1 is 1.37 bits per heavy atom. The molecule has 0 aliphatic heterocycles. The molecule has 1 aromatic carbocycles. The van der Waals surface area contributed by atoms with Gasteiger partial charge in [0.05, 0.1) is 0 Å². The summed E-state index contributed by atoms with van der Waals surface area (Å²) in [4.78, 5) is 15.7. The minimum Gasteiger partial charge on any atom is -0.443 e. The van der Waals surface area contributed by atoms with Crippen LogP contribution < -0.4 is 0 Å². The lowest BCUT2D eigenvalue weighted by Gasteiger charge is -2.25. The van der Waals surface area contributed by atoms with E-state index in [0.717, 1.165) is 5.56 Å². The third kappa shape index (κ3) is 3.83. The molecule has 0 atom stereocenters. The van der Waals surface area contributed by atoms with Crippen molar-refractivity contribution in [2.45, 2.75) is 25.9 Å². The van der Waals surface area contributed by atoms with E-state index in [0.29, 0.717) is 11.4 Å². The molecule has 2 rings (SSSR count). The van der Waals surface area contributed by atoms with Gasteiger partial charge in [-0.3, -0.25) is 0 Å². The van der Waals surface area contributed by atoms with Crippen molar-refractivity contribution < 1.29 is 9.53 Å². The highest BCUT2D eigenvalue weighted by atomic mass is 35.5. The van der Waals surface area contributed by atoms with E-state index in [1.807, 2.05) is 38.1 Å². The zero-order valence-corrected chi connectivity index (χ0v) is 11.6. The van der Waals surface area contributed by atoms with Crippen LogP contribution in [0, 0.1) is 0 Å². The highest BCUT2D eigenvalue weighted by molar-refractivity contribution is 6.30. The number of hydrogen-bond donors (Lipinski definition) is 0. The maximum atomic E-state index is 11.8. The second-order valence-electron chi connectivity index (χ2n) is 4.90. The van der Waals surface area contributed by atoms with Gasteiger partial charge in [0, 0.05) is 23.8 Å². The van der Waals surface area contributed by atoms with Gasteiger partial charge in [0.2, 0.25) is 0 Å². The largest absolute Gasteiger partial charge is 0.443 e. The molecule has 0 radical (unpaired) electrons. The first kappa shape index (κ1) is 13.6. The smallest absolute Gasteiger partial charge is 0.419 e. The Balaban J connectivity index is 2.02. The summed E-state index contributed by atoms with van der Waals surface area (Å²) >= 11 is 5.84. The molecule has 0 unspecified atom stereocenters. The van der Waals surface area contributed by atoms with E-state index in [2.05, 4.69) is 4.98 Å². The summed E-state index contributed by atoms with van der Waals surface area (Å²) in [6.45, 7) is 3.74. The molecule has 0 bridgehead atoms. The molecule has 0 saturated carbocycles. The average Bonchev–Trinajstić information content (AvgIpc) is 2.85. The summed E-state index contributed by atoms with van der Waals surface area (Å²) < 4.78 is 6.78. The van der Waals surface area contributed by atoms with Crippen molar-refractivity contribution in [3.05, 3.63) is 53.6 Å². The van der Waals surface area contributed by atoms with Crippen LogP contribution in [-0.4, -0.2) is 21.2 Å². The second-order valence-corrected chi connectivity index (χ2v) is 5.34. The van der Waals surface area contributed by atoms with Gasteiger partial charge < -0.3 is 4.74 Å². The molecule has 4 nitrogen and oxygen atoms in total. The number of hydrogen-bond acceptors (Lipinski definition) is 3. The van der Waals surface area contributed by atoms with Crippen LogP contribution in [0.1, 0.15) is 19.4 Å². The van der Waals surface area contributed by atoms with Gasteiger partial charge in [-0.15, -0.1) is 0 Å². The summed E-state index contributed by atoms with van der Waals surface area (Å²) in [5, 5.41) is 0.692. The predicted molar refractivity (Wildman–Crippen MR) is 73.3 cm³/mol. The molecule has 1 heterocycles. The molecule has 2 aromatic rings. The minimum absolute atomic E-state index is 0.434. The van der Waals surface area contributed by atoms with Gasteiger partial charge >= 0.3 is 6.09 Å². The van der Waals surface area contributed by atoms with Crippen molar-refractivity contribution in [1.29, 1.82) is 0 Å².